The molecule has 17 heteroatoms. The van der Waals surface area contributed by atoms with Crippen molar-refractivity contribution in [3.8, 4) is 5.75 Å². The molecular formula is C22H15Cl2F6N5O3S. The monoisotopic (exact) mass is 613 g/mol. The van der Waals surface area contributed by atoms with Crippen molar-refractivity contribution in [2.24, 2.45) is 5.10 Å². The lowest BCUT2D eigenvalue weighted by atomic mass is 9.85. The fourth-order valence-corrected chi connectivity index (χ4v) is 4.66. The number of rotatable bonds is 7. The molecule has 208 valence electrons. The summed E-state index contributed by atoms with van der Waals surface area (Å²) in [5.41, 5.74) is -2.22. The number of alkyl halides is 6. The number of aromatic nitrogens is 2. The number of ether oxygens (including phenoxy) is 1. The van der Waals surface area contributed by atoms with Crippen LogP contribution in [0.5, 0.6) is 5.75 Å². The first-order valence-electron chi connectivity index (χ1n) is 10.6. The van der Waals surface area contributed by atoms with Crippen molar-refractivity contribution >= 4 is 52.3 Å². The number of amides is 1. The lowest BCUT2D eigenvalue weighted by Crippen LogP contribution is -2.49. The summed E-state index contributed by atoms with van der Waals surface area (Å²) >= 11 is 12.5. The highest BCUT2D eigenvalue weighted by Crippen LogP contribution is 2.46. The Balaban J connectivity index is 1.43. The third kappa shape index (κ3) is 6.36. The first kappa shape index (κ1) is 28.8. The van der Waals surface area contributed by atoms with E-state index in [0.29, 0.717) is 11.8 Å². The van der Waals surface area contributed by atoms with Gasteiger partial charge in [-0.15, -0.1) is 10.2 Å². The van der Waals surface area contributed by atoms with Gasteiger partial charge in [0.1, 0.15) is 11.5 Å². The maximum Gasteiger partial charge on any atom is 0.417 e. The van der Waals surface area contributed by atoms with E-state index in [0.717, 1.165) is 24.3 Å². The van der Waals surface area contributed by atoms with Gasteiger partial charge in [0.25, 0.3) is 11.1 Å². The van der Waals surface area contributed by atoms with Crippen molar-refractivity contribution < 1.29 is 40.3 Å². The SMILES string of the molecule is COc1cc(NC(=O)CSc2nnc(C3=NNC(c4cc(Cl)cc(Cl)c4)(C(F)(F)F)C3)o2)cc(C(F)(F)F)c1. The van der Waals surface area contributed by atoms with Gasteiger partial charge in [0, 0.05) is 28.2 Å². The molecule has 1 unspecified atom stereocenters. The molecule has 1 aliphatic heterocycles. The molecule has 0 aliphatic carbocycles. The van der Waals surface area contributed by atoms with Crippen molar-refractivity contribution in [3.63, 3.8) is 0 Å². The molecule has 1 amide bonds. The summed E-state index contributed by atoms with van der Waals surface area (Å²) in [6.07, 6.45) is -10.2. The molecule has 2 heterocycles. The van der Waals surface area contributed by atoms with Gasteiger partial charge in [-0.25, -0.2) is 0 Å². The van der Waals surface area contributed by atoms with Crippen LogP contribution in [0.2, 0.25) is 10.0 Å². The first-order chi connectivity index (χ1) is 18.2. The number of anilines is 1. The lowest BCUT2D eigenvalue weighted by molar-refractivity contribution is -0.196. The molecule has 0 saturated heterocycles. The Bertz CT molecular complexity index is 1410. The largest absolute Gasteiger partial charge is 0.497 e. The molecular weight excluding hydrogens is 599 g/mol. The van der Waals surface area contributed by atoms with Gasteiger partial charge in [-0.2, -0.15) is 31.4 Å². The normalized spacial score (nSPS) is 17.5. The highest BCUT2D eigenvalue weighted by molar-refractivity contribution is 7.99. The topological polar surface area (TPSA) is 102 Å². The van der Waals surface area contributed by atoms with Gasteiger partial charge in [0.15, 0.2) is 5.54 Å². The summed E-state index contributed by atoms with van der Waals surface area (Å²) in [5, 5.41) is 13.2. The Morgan fingerprint density at radius 2 is 1.79 bits per heavy atom. The van der Waals surface area contributed by atoms with Crippen LogP contribution in [0.15, 0.2) is 51.1 Å². The summed E-state index contributed by atoms with van der Waals surface area (Å²) in [5.74, 6) is -1.52. The van der Waals surface area contributed by atoms with Crippen molar-refractivity contribution in [3.05, 3.63) is 63.5 Å². The van der Waals surface area contributed by atoms with E-state index in [1.165, 1.54) is 19.2 Å². The summed E-state index contributed by atoms with van der Waals surface area (Å²) in [6.45, 7) is 0. The van der Waals surface area contributed by atoms with Crippen LogP contribution in [0.4, 0.5) is 32.0 Å². The Kier molecular flexibility index (Phi) is 7.96. The fraction of sp³-hybridized carbons (Fsp3) is 0.273. The predicted molar refractivity (Wildman–Crippen MR) is 130 cm³/mol. The number of hydrogen-bond acceptors (Lipinski definition) is 8. The van der Waals surface area contributed by atoms with Gasteiger partial charge in [0.05, 0.1) is 18.4 Å². The summed E-state index contributed by atoms with van der Waals surface area (Å²) < 4.78 is 92.0. The summed E-state index contributed by atoms with van der Waals surface area (Å²) in [7, 11) is 1.18. The predicted octanol–water partition coefficient (Wildman–Crippen LogP) is 6.29. The molecule has 1 atom stereocenters. The van der Waals surface area contributed by atoms with Crippen LogP contribution in [0.3, 0.4) is 0 Å². The van der Waals surface area contributed by atoms with Crippen LogP contribution in [-0.4, -0.2) is 40.9 Å². The molecule has 3 aromatic rings. The minimum Gasteiger partial charge on any atom is -0.497 e. The number of halogens is 8. The fourth-order valence-electron chi connectivity index (χ4n) is 3.57. The molecule has 39 heavy (non-hydrogen) atoms. The number of thioether (sulfide) groups is 1. The Morgan fingerprint density at radius 3 is 2.41 bits per heavy atom. The number of methoxy groups -OCH3 is 1. The Hall–Kier alpha value is -3.17. The smallest absolute Gasteiger partial charge is 0.417 e. The maximum atomic E-state index is 14.2. The van der Waals surface area contributed by atoms with Gasteiger partial charge in [0.2, 0.25) is 5.91 Å². The van der Waals surface area contributed by atoms with Crippen LogP contribution < -0.4 is 15.5 Å². The second-order valence-electron chi connectivity index (χ2n) is 8.07. The van der Waals surface area contributed by atoms with Gasteiger partial charge in [-0.1, -0.05) is 35.0 Å². The summed E-state index contributed by atoms with van der Waals surface area (Å²) in [6, 6.07) is 6.23. The van der Waals surface area contributed by atoms with E-state index in [1.54, 1.807) is 0 Å². The molecule has 8 nitrogen and oxygen atoms in total. The number of benzene rings is 2. The quantitative estimate of drug-likeness (QED) is 0.238. The number of hydrogen-bond donors (Lipinski definition) is 2. The highest BCUT2D eigenvalue weighted by Gasteiger charge is 2.60. The number of carbonyl (C=O) groups excluding carboxylic acids is 1. The molecule has 2 N–H and O–H groups in total. The van der Waals surface area contributed by atoms with E-state index in [1.807, 2.05) is 0 Å². The van der Waals surface area contributed by atoms with Crippen LogP contribution in [0.25, 0.3) is 0 Å². The minimum absolute atomic E-state index is 0.00490. The van der Waals surface area contributed by atoms with E-state index in [2.05, 4.69) is 26.0 Å². The van der Waals surface area contributed by atoms with Crippen LogP contribution in [0, 0.1) is 0 Å². The van der Waals surface area contributed by atoms with Crippen molar-refractivity contribution in [1.29, 1.82) is 0 Å². The molecule has 0 spiro atoms. The molecule has 0 bridgehead atoms. The second-order valence-corrected chi connectivity index (χ2v) is 9.87. The third-order valence-electron chi connectivity index (χ3n) is 5.39. The Morgan fingerprint density at radius 1 is 1.10 bits per heavy atom. The lowest BCUT2D eigenvalue weighted by Gasteiger charge is -2.31. The Labute approximate surface area is 230 Å². The van der Waals surface area contributed by atoms with Gasteiger partial charge in [-0.05, 0) is 35.9 Å². The third-order valence-corrected chi connectivity index (χ3v) is 6.64. The standard InChI is InChI=1S/C22H15Cl2F6N5O3S/c1-37-15-5-11(21(25,26)27)4-14(7-15)31-17(36)9-39-19-34-33-18(38-19)16-8-20(35-32-16,22(28,29)30)10-2-12(23)6-13(24)3-10/h2-7,35H,8-9H2,1H3,(H,31,36). The molecule has 4 rings (SSSR count). The zero-order valence-corrected chi connectivity index (χ0v) is 21.7. The van der Waals surface area contributed by atoms with E-state index in [-0.39, 0.29) is 49.6 Å². The maximum absolute atomic E-state index is 14.2. The van der Waals surface area contributed by atoms with Crippen molar-refractivity contribution in [2.75, 3.05) is 18.2 Å². The van der Waals surface area contributed by atoms with E-state index in [9.17, 15) is 31.1 Å². The number of hydrazone groups is 1. The molecule has 0 radical (unpaired) electrons. The van der Waals surface area contributed by atoms with Gasteiger partial charge >= 0.3 is 12.4 Å². The van der Waals surface area contributed by atoms with Crippen LogP contribution in [-0.2, 0) is 16.5 Å². The second kappa shape index (κ2) is 10.8. The van der Waals surface area contributed by atoms with Gasteiger partial charge in [-0.3, -0.25) is 10.2 Å². The van der Waals surface area contributed by atoms with E-state index < -0.39 is 35.8 Å². The molecule has 0 saturated carbocycles. The zero-order valence-electron chi connectivity index (χ0n) is 19.4. The average Bonchev–Trinajstić information content (AvgIpc) is 3.49. The number of carbonyl (C=O) groups is 1. The number of nitrogens with one attached hydrogen (secondary N) is 2. The summed E-state index contributed by atoms with van der Waals surface area (Å²) in [4.78, 5) is 12.3. The van der Waals surface area contributed by atoms with Crippen LogP contribution >= 0.6 is 35.0 Å². The average molecular weight is 614 g/mol. The van der Waals surface area contributed by atoms with Crippen LogP contribution in [0.1, 0.15) is 23.4 Å². The zero-order chi connectivity index (χ0) is 28.6. The highest BCUT2D eigenvalue weighted by atomic mass is 35.5. The minimum atomic E-state index is -4.83. The van der Waals surface area contributed by atoms with E-state index >= 15 is 0 Å². The van der Waals surface area contributed by atoms with E-state index in [4.69, 9.17) is 32.4 Å². The molecule has 2 aromatic carbocycles. The van der Waals surface area contributed by atoms with Crippen molar-refractivity contribution in [1.82, 2.24) is 15.6 Å². The molecule has 0 fully saturated rings. The molecule has 1 aliphatic rings. The first-order valence-corrected chi connectivity index (χ1v) is 12.3. The number of nitrogens with zero attached hydrogens (tertiary/aromatic N) is 3. The van der Waals surface area contributed by atoms with Crippen molar-refractivity contribution in [2.45, 2.75) is 29.5 Å². The molecule has 1 aromatic heterocycles. The van der Waals surface area contributed by atoms with Gasteiger partial charge < -0.3 is 14.5 Å².